The molecule has 2 unspecified atom stereocenters. The summed E-state index contributed by atoms with van der Waals surface area (Å²) in [7, 11) is 3.60. The maximum absolute atomic E-state index is 12.4. The van der Waals surface area contributed by atoms with Crippen molar-refractivity contribution in [1.29, 1.82) is 0 Å². The third-order valence-electron chi connectivity index (χ3n) is 4.26. The summed E-state index contributed by atoms with van der Waals surface area (Å²) in [5.74, 6) is 1.16. The molecule has 0 saturated heterocycles. The number of nitrogens with two attached hydrogens (primary N) is 1. The number of amides is 1. The number of likely N-dealkylation sites (N-methyl/N-ethyl adjacent to an activating group) is 2. The number of hydrogen-bond acceptors (Lipinski definition) is 7. The molecule has 25 heavy (non-hydrogen) atoms. The largest absolute Gasteiger partial charge is 0.593 e. The molecule has 0 bridgehead atoms. The molecule has 0 aliphatic carbocycles. The number of anilines is 4. The van der Waals surface area contributed by atoms with Crippen LogP contribution in [-0.2, 0) is 16.2 Å². The molecule has 1 aromatic carbocycles. The first-order valence-electron chi connectivity index (χ1n) is 7.83. The molecule has 9 heteroatoms. The molecule has 0 radical (unpaired) electrons. The van der Waals surface area contributed by atoms with Crippen LogP contribution < -0.4 is 20.3 Å². The molecule has 132 valence electrons. The Morgan fingerprint density at radius 3 is 2.60 bits per heavy atom. The lowest BCUT2D eigenvalue weighted by atomic mass is 10.1. The summed E-state index contributed by atoms with van der Waals surface area (Å²) in [6, 6.07) is 6.65. The van der Waals surface area contributed by atoms with Crippen molar-refractivity contribution in [3.63, 3.8) is 0 Å². The van der Waals surface area contributed by atoms with E-state index in [0.29, 0.717) is 28.8 Å². The van der Waals surface area contributed by atoms with E-state index >= 15 is 0 Å². The third kappa shape index (κ3) is 3.26. The van der Waals surface area contributed by atoms with Gasteiger partial charge >= 0.3 is 0 Å². The lowest BCUT2D eigenvalue weighted by Gasteiger charge is -2.37. The van der Waals surface area contributed by atoms with Gasteiger partial charge in [-0.1, -0.05) is 6.92 Å². The number of aromatic nitrogens is 2. The lowest BCUT2D eigenvalue weighted by molar-refractivity contribution is -0.119. The number of benzene rings is 1. The van der Waals surface area contributed by atoms with Crippen LogP contribution in [0.15, 0.2) is 35.4 Å². The van der Waals surface area contributed by atoms with Gasteiger partial charge < -0.3 is 19.7 Å². The summed E-state index contributed by atoms with van der Waals surface area (Å²) in [5, 5.41) is 8.46. The Hall–Kier alpha value is -2.36. The number of nitrogens with zero attached hydrogens (tertiary/aromatic N) is 4. The Morgan fingerprint density at radius 2 is 2.00 bits per heavy atom. The SMILES string of the molecule is CCC1C(=O)N(C)c2cnc(Nc3ccc([S+](N)[O-])cc3)nc2N1C. The molecule has 1 aromatic heterocycles. The van der Waals surface area contributed by atoms with Crippen LogP contribution in [0.4, 0.5) is 23.1 Å². The van der Waals surface area contributed by atoms with Gasteiger partial charge in [-0.3, -0.25) is 4.79 Å². The molecule has 1 amide bonds. The topological polar surface area (TPSA) is 110 Å². The molecule has 3 rings (SSSR count). The molecule has 1 aliphatic heterocycles. The average molecular weight is 360 g/mol. The van der Waals surface area contributed by atoms with Crippen molar-refractivity contribution in [3.8, 4) is 0 Å². The minimum Gasteiger partial charge on any atom is -0.593 e. The van der Waals surface area contributed by atoms with E-state index < -0.39 is 11.4 Å². The fourth-order valence-corrected chi connectivity index (χ4v) is 3.23. The van der Waals surface area contributed by atoms with Gasteiger partial charge in [0.1, 0.15) is 11.7 Å². The number of carbonyl (C=O) groups is 1. The zero-order valence-corrected chi connectivity index (χ0v) is 15.1. The highest BCUT2D eigenvalue weighted by molar-refractivity contribution is 7.89. The molecular formula is C16H20N6O2S. The molecular weight excluding hydrogens is 340 g/mol. The van der Waals surface area contributed by atoms with Crippen molar-refractivity contribution in [2.45, 2.75) is 24.3 Å². The summed E-state index contributed by atoms with van der Waals surface area (Å²) >= 11 is -1.51. The van der Waals surface area contributed by atoms with E-state index in [9.17, 15) is 9.35 Å². The molecule has 0 fully saturated rings. The molecule has 0 saturated carbocycles. The fraction of sp³-hybridized carbons (Fsp3) is 0.312. The quantitative estimate of drug-likeness (QED) is 0.793. The predicted octanol–water partition coefficient (Wildman–Crippen LogP) is 1.39. The minimum atomic E-state index is -1.51. The monoisotopic (exact) mass is 360 g/mol. The smallest absolute Gasteiger partial charge is 0.249 e. The molecule has 0 spiro atoms. The van der Waals surface area contributed by atoms with E-state index in [-0.39, 0.29) is 11.9 Å². The van der Waals surface area contributed by atoms with Crippen molar-refractivity contribution in [3.05, 3.63) is 30.5 Å². The first-order valence-corrected chi connectivity index (χ1v) is 9.04. The van der Waals surface area contributed by atoms with E-state index in [1.807, 2.05) is 18.9 Å². The second-order valence-electron chi connectivity index (χ2n) is 5.78. The minimum absolute atomic E-state index is 0.0344. The number of hydrogen-bond donors (Lipinski definition) is 2. The van der Waals surface area contributed by atoms with Crippen LogP contribution in [0.5, 0.6) is 0 Å². The van der Waals surface area contributed by atoms with Crippen LogP contribution in [0, 0.1) is 0 Å². The number of carbonyl (C=O) groups excluding carboxylic acids is 1. The van der Waals surface area contributed by atoms with E-state index in [1.54, 1.807) is 42.4 Å². The first kappa shape index (κ1) is 17.5. The van der Waals surface area contributed by atoms with Gasteiger partial charge in [0.2, 0.25) is 11.9 Å². The van der Waals surface area contributed by atoms with Crippen molar-refractivity contribution in [2.75, 3.05) is 29.2 Å². The normalized spacial score (nSPS) is 18.1. The zero-order valence-electron chi connectivity index (χ0n) is 14.3. The molecule has 2 aromatic rings. The van der Waals surface area contributed by atoms with Crippen LogP contribution in [0.2, 0.25) is 0 Å². The molecule has 8 nitrogen and oxygen atoms in total. The van der Waals surface area contributed by atoms with Gasteiger partial charge in [-0.05, 0) is 30.7 Å². The summed E-state index contributed by atoms with van der Waals surface area (Å²) < 4.78 is 11.2. The van der Waals surface area contributed by atoms with Crippen LogP contribution in [0.3, 0.4) is 0 Å². The fourth-order valence-electron chi connectivity index (χ4n) is 2.83. The van der Waals surface area contributed by atoms with E-state index in [4.69, 9.17) is 5.14 Å². The summed E-state index contributed by atoms with van der Waals surface area (Å²) in [6.07, 6.45) is 2.33. The van der Waals surface area contributed by atoms with Gasteiger partial charge in [-0.25, -0.2) is 4.98 Å². The maximum Gasteiger partial charge on any atom is 0.249 e. The van der Waals surface area contributed by atoms with Gasteiger partial charge in [0.25, 0.3) is 0 Å². The van der Waals surface area contributed by atoms with Crippen molar-refractivity contribution >= 4 is 40.4 Å². The Balaban J connectivity index is 1.88. The third-order valence-corrected chi connectivity index (χ3v) is 4.99. The Labute approximate surface area is 149 Å². The second kappa shape index (κ2) is 6.87. The number of fused-ring (bicyclic) bond motifs is 1. The van der Waals surface area contributed by atoms with Gasteiger partial charge in [0.15, 0.2) is 10.7 Å². The summed E-state index contributed by atoms with van der Waals surface area (Å²) in [6.45, 7) is 1.97. The van der Waals surface area contributed by atoms with Gasteiger partial charge in [-0.15, -0.1) is 5.14 Å². The van der Waals surface area contributed by atoms with Gasteiger partial charge in [0.05, 0.1) is 17.6 Å². The number of nitrogens with one attached hydrogen (secondary N) is 1. The predicted molar refractivity (Wildman–Crippen MR) is 98.2 cm³/mol. The van der Waals surface area contributed by atoms with Crippen molar-refractivity contribution in [2.24, 2.45) is 5.14 Å². The maximum atomic E-state index is 12.4. The standard InChI is InChI=1S/C16H20N6O2S/c1-4-12-15(23)22(3)13-9-18-16(20-14(13)21(12)2)19-10-5-7-11(8-6-10)25(17)24/h5-9,12H,4,17H2,1-3H3,(H,18,19,20). The van der Waals surface area contributed by atoms with E-state index in [0.717, 1.165) is 5.69 Å². The summed E-state index contributed by atoms with van der Waals surface area (Å²) in [5.41, 5.74) is 1.43. The van der Waals surface area contributed by atoms with Crippen LogP contribution >= 0.6 is 0 Å². The van der Waals surface area contributed by atoms with Crippen molar-refractivity contribution in [1.82, 2.24) is 9.97 Å². The molecule has 1 aliphatic rings. The Morgan fingerprint density at radius 1 is 1.32 bits per heavy atom. The Kier molecular flexibility index (Phi) is 4.80. The van der Waals surface area contributed by atoms with Crippen molar-refractivity contribution < 1.29 is 9.35 Å². The van der Waals surface area contributed by atoms with Crippen LogP contribution in [0.1, 0.15) is 13.3 Å². The molecule has 2 atom stereocenters. The van der Waals surface area contributed by atoms with Gasteiger partial charge in [-0.2, -0.15) is 4.98 Å². The second-order valence-corrected chi connectivity index (χ2v) is 6.85. The highest BCUT2D eigenvalue weighted by Gasteiger charge is 2.34. The lowest BCUT2D eigenvalue weighted by Crippen LogP contribution is -2.50. The zero-order chi connectivity index (χ0) is 18.1. The van der Waals surface area contributed by atoms with Gasteiger partial charge in [0, 0.05) is 19.8 Å². The van der Waals surface area contributed by atoms with E-state index in [2.05, 4.69) is 15.3 Å². The highest BCUT2D eigenvalue weighted by atomic mass is 32.2. The molecule has 3 N–H and O–H groups in total. The summed E-state index contributed by atoms with van der Waals surface area (Å²) in [4.78, 5) is 25.2. The first-order chi connectivity index (χ1) is 11.9. The van der Waals surface area contributed by atoms with Crippen LogP contribution in [0.25, 0.3) is 0 Å². The van der Waals surface area contributed by atoms with Crippen LogP contribution in [-0.4, -0.2) is 40.6 Å². The number of rotatable bonds is 4. The Bertz CT molecular complexity index is 783. The molecule has 2 heterocycles. The highest BCUT2D eigenvalue weighted by Crippen LogP contribution is 2.33. The average Bonchev–Trinajstić information content (AvgIpc) is 2.61. The van der Waals surface area contributed by atoms with E-state index in [1.165, 1.54) is 0 Å².